The zero-order chi connectivity index (χ0) is 26.8. The van der Waals surface area contributed by atoms with Gasteiger partial charge in [-0.15, -0.1) is 0 Å². The number of para-hydroxylation sites is 1. The van der Waals surface area contributed by atoms with E-state index >= 15 is 0 Å². The third-order valence-electron chi connectivity index (χ3n) is 4.93. The van der Waals surface area contributed by atoms with Gasteiger partial charge in [-0.3, -0.25) is 14.1 Å². The van der Waals surface area contributed by atoms with Crippen LogP contribution in [-0.2, 0) is 19.7 Å². The van der Waals surface area contributed by atoms with Gasteiger partial charge in [0.15, 0.2) is 11.1 Å². The molecule has 0 saturated heterocycles. The van der Waals surface area contributed by atoms with E-state index in [-0.39, 0.29) is 36.3 Å². The number of esters is 2. The first-order chi connectivity index (χ1) is 16.9. The third-order valence-corrected chi connectivity index (χ3v) is 5.80. The number of nitrogens with zero attached hydrogens (tertiary/aromatic N) is 4. The predicted molar refractivity (Wildman–Crippen MR) is 125 cm³/mol. The molecule has 0 fully saturated rings. The first kappa shape index (κ1) is 28.1. The van der Waals surface area contributed by atoms with E-state index in [1.54, 1.807) is 30.3 Å². The van der Waals surface area contributed by atoms with Crippen molar-refractivity contribution < 1.29 is 32.0 Å². The largest absolute Gasteiger partial charge is 0.427 e. The standard InChI is InChI=1S/C24H24N4O7S/c1-23(16-25,14-12-21(29)34-18-6-4-3-5-7-18)27-28-24(2,17-26)15-13-22(30)35-19-8-10-20(11-9-19)36(31,32)33/h3-11H,12-15H2,1-2H3,(H,31,32,33). The van der Waals surface area contributed by atoms with Gasteiger partial charge in [0.05, 0.1) is 17.0 Å². The van der Waals surface area contributed by atoms with Crippen LogP contribution in [0.25, 0.3) is 0 Å². The molecule has 2 unspecified atom stereocenters. The molecule has 0 heterocycles. The van der Waals surface area contributed by atoms with Crippen molar-refractivity contribution >= 4 is 22.1 Å². The maximum atomic E-state index is 12.2. The van der Waals surface area contributed by atoms with Crippen LogP contribution < -0.4 is 9.47 Å². The second-order valence-electron chi connectivity index (χ2n) is 8.18. The molecule has 0 spiro atoms. The Morgan fingerprint density at radius 2 is 1.25 bits per heavy atom. The molecule has 0 saturated carbocycles. The number of hydrogen-bond donors (Lipinski definition) is 1. The molecule has 0 amide bonds. The van der Waals surface area contributed by atoms with E-state index in [0.717, 1.165) is 12.1 Å². The fourth-order valence-electron chi connectivity index (χ4n) is 2.70. The molecule has 188 valence electrons. The van der Waals surface area contributed by atoms with Crippen molar-refractivity contribution in [2.24, 2.45) is 10.2 Å². The molecule has 0 aromatic heterocycles. The van der Waals surface area contributed by atoms with Gasteiger partial charge in [-0.1, -0.05) is 18.2 Å². The van der Waals surface area contributed by atoms with E-state index in [2.05, 4.69) is 10.2 Å². The lowest BCUT2D eigenvalue weighted by Crippen LogP contribution is -2.26. The Morgan fingerprint density at radius 1 is 0.833 bits per heavy atom. The van der Waals surface area contributed by atoms with Gasteiger partial charge in [-0.05, 0) is 63.1 Å². The highest BCUT2D eigenvalue weighted by Gasteiger charge is 2.30. The molecule has 2 atom stereocenters. The van der Waals surface area contributed by atoms with Crippen LogP contribution in [0.1, 0.15) is 39.5 Å². The molecule has 2 aromatic rings. The smallest absolute Gasteiger partial charge is 0.311 e. The van der Waals surface area contributed by atoms with Crippen molar-refractivity contribution in [1.29, 1.82) is 10.5 Å². The highest BCUT2D eigenvalue weighted by molar-refractivity contribution is 7.85. The van der Waals surface area contributed by atoms with Crippen LogP contribution in [0.3, 0.4) is 0 Å². The Bertz CT molecular complexity index is 1300. The second-order valence-corrected chi connectivity index (χ2v) is 9.60. The number of nitriles is 2. The summed E-state index contributed by atoms with van der Waals surface area (Å²) < 4.78 is 41.4. The lowest BCUT2D eigenvalue weighted by Gasteiger charge is -2.19. The van der Waals surface area contributed by atoms with Crippen LogP contribution in [0.2, 0.25) is 0 Å². The Labute approximate surface area is 208 Å². The van der Waals surface area contributed by atoms with Gasteiger partial charge in [0.2, 0.25) is 0 Å². The number of benzene rings is 2. The fourth-order valence-corrected chi connectivity index (χ4v) is 3.18. The Hall–Kier alpha value is -4.13. The Balaban J connectivity index is 1.93. The summed E-state index contributed by atoms with van der Waals surface area (Å²) in [5.74, 6) is -0.834. The van der Waals surface area contributed by atoms with Crippen LogP contribution >= 0.6 is 0 Å². The minimum absolute atomic E-state index is 0.00176. The summed E-state index contributed by atoms with van der Waals surface area (Å²) in [4.78, 5) is 23.9. The first-order valence-corrected chi connectivity index (χ1v) is 12.1. The van der Waals surface area contributed by atoms with Crippen LogP contribution in [0.5, 0.6) is 11.5 Å². The average Bonchev–Trinajstić information content (AvgIpc) is 2.85. The van der Waals surface area contributed by atoms with Gasteiger partial charge in [-0.25, -0.2) is 0 Å². The van der Waals surface area contributed by atoms with Crippen molar-refractivity contribution in [3.05, 3.63) is 54.6 Å². The molecule has 0 radical (unpaired) electrons. The summed E-state index contributed by atoms with van der Waals surface area (Å²) in [6, 6.07) is 16.9. The maximum absolute atomic E-state index is 12.2. The van der Waals surface area contributed by atoms with Gasteiger partial charge in [0.1, 0.15) is 11.5 Å². The zero-order valence-electron chi connectivity index (χ0n) is 19.6. The van der Waals surface area contributed by atoms with Gasteiger partial charge < -0.3 is 9.47 Å². The number of carbonyl (C=O) groups is 2. The zero-order valence-corrected chi connectivity index (χ0v) is 20.4. The third kappa shape index (κ3) is 8.91. The lowest BCUT2D eigenvalue weighted by molar-refractivity contribution is -0.135. The first-order valence-electron chi connectivity index (χ1n) is 10.7. The average molecular weight is 513 g/mol. The summed E-state index contributed by atoms with van der Waals surface area (Å²) >= 11 is 0. The normalized spacial score (nSPS) is 14.6. The Morgan fingerprint density at radius 3 is 1.64 bits per heavy atom. The van der Waals surface area contributed by atoms with E-state index in [1.807, 2.05) is 12.1 Å². The molecular weight excluding hydrogens is 488 g/mol. The van der Waals surface area contributed by atoms with Crippen molar-refractivity contribution in [2.45, 2.75) is 55.5 Å². The molecule has 11 nitrogen and oxygen atoms in total. The monoisotopic (exact) mass is 512 g/mol. The molecule has 0 aliphatic carbocycles. The van der Waals surface area contributed by atoms with Crippen molar-refractivity contribution in [2.75, 3.05) is 0 Å². The summed E-state index contributed by atoms with van der Waals surface area (Å²) in [6.07, 6.45) is -0.409. The maximum Gasteiger partial charge on any atom is 0.311 e. The minimum Gasteiger partial charge on any atom is -0.427 e. The second kappa shape index (κ2) is 12.0. The van der Waals surface area contributed by atoms with E-state index in [4.69, 9.17) is 14.0 Å². The van der Waals surface area contributed by atoms with E-state index in [9.17, 15) is 28.5 Å². The molecule has 0 bridgehead atoms. The molecular formula is C24H24N4O7S. The number of azo groups is 1. The molecule has 0 aliphatic rings. The van der Waals surface area contributed by atoms with Gasteiger partial charge in [-0.2, -0.15) is 29.2 Å². The van der Waals surface area contributed by atoms with E-state index in [0.29, 0.717) is 5.75 Å². The van der Waals surface area contributed by atoms with Gasteiger partial charge >= 0.3 is 11.9 Å². The predicted octanol–water partition coefficient (Wildman–Crippen LogP) is 4.02. The van der Waals surface area contributed by atoms with Gasteiger partial charge in [0, 0.05) is 12.8 Å². The van der Waals surface area contributed by atoms with Crippen LogP contribution in [0, 0.1) is 22.7 Å². The summed E-state index contributed by atoms with van der Waals surface area (Å²) in [6.45, 7) is 2.90. The summed E-state index contributed by atoms with van der Waals surface area (Å²) in [5, 5.41) is 27.1. The van der Waals surface area contributed by atoms with Crippen LogP contribution in [0.4, 0.5) is 0 Å². The van der Waals surface area contributed by atoms with Crippen LogP contribution in [-0.4, -0.2) is 36.0 Å². The van der Waals surface area contributed by atoms with E-state index < -0.39 is 33.1 Å². The molecule has 2 rings (SSSR count). The highest BCUT2D eigenvalue weighted by atomic mass is 32.2. The van der Waals surface area contributed by atoms with Crippen molar-refractivity contribution in [1.82, 2.24) is 0 Å². The quantitative estimate of drug-likeness (QED) is 0.201. The number of ether oxygens (including phenoxy) is 2. The number of rotatable bonds is 11. The lowest BCUT2D eigenvalue weighted by atomic mass is 9.97. The SMILES string of the molecule is CC(C#N)(CCC(=O)Oc1ccccc1)N=NC(C)(C#N)CCC(=O)Oc1ccc(S(=O)(=O)O)cc1. The van der Waals surface area contributed by atoms with Crippen LogP contribution in [0.15, 0.2) is 69.7 Å². The summed E-state index contributed by atoms with van der Waals surface area (Å²) in [5.41, 5.74) is -2.85. The number of carbonyl (C=O) groups excluding carboxylic acids is 2. The Kier molecular flexibility index (Phi) is 9.38. The van der Waals surface area contributed by atoms with Crippen molar-refractivity contribution in [3.63, 3.8) is 0 Å². The minimum atomic E-state index is -4.37. The molecule has 1 N–H and O–H groups in total. The van der Waals surface area contributed by atoms with Gasteiger partial charge in [0.25, 0.3) is 10.1 Å². The number of hydrogen-bond acceptors (Lipinski definition) is 10. The highest BCUT2D eigenvalue weighted by Crippen LogP contribution is 2.24. The molecule has 12 heteroatoms. The molecule has 0 aliphatic heterocycles. The molecule has 36 heavy (non-hydrogen) atoms. The molecule has 2 aromatic carbocycles. The van der Waals surface area contributed by atoms with Crippen molar-refractivity contribution in [3.8, 4) is 23.6 Å². The topological polar surface area (TPSA) is 179 Å². The van der Waals surface area contributed by atoms with E-state index in [1.165, 1.54) is 26.0 Å². The fraction of sp³-hybridized carbons (Fsp3) is 0.333. The summed E-state index contributed by atoms with van der Waals surface area (Å²) in [7, 11) is -4.37.